The van der Waals surface area contributed by atoms with Crippen LogP contribution in [0.1, 0.15) is 17.5 Å². The maximum atomic E-state index is 13.1. The third kappa shape index (κ3) is 3.63. The zero-order valence-corrected chi connectivity index (χ0v) is 12.9. The van der Waals surface area contributed by atoms with E-state index in [1.807, 2.05) is 24.3 Å². The van der Waals surface area contributed by atoms with Crippen molar-refractivity contribution in [1.29, 1.82) is 5.26 Å². The van der Waals surface area contributed by atoms with Gasteiger partial charge in [-0.25, -0.2) is 4.39 Å². The highest BCUT2D eigenvalue weighted by atomic mass is 19.1. The van der Waals surface area contributed by atoms with E-state index in [0.29, 0.717) is 31.7 Å². The smallest absolute Gasteiger partial charge is 0.224 e. The molecule has 0 spiro atoms. The molecule has 2 aromatic rings. The van der Waals surface area contributed by atoms with Crippen LogP contribution in [0.25, 0.3) is 0 Å². The first-order valence-electron chi connectivity index (χ1n) is 7.65. The van der Waals surface area contributed by atoms with Crippen molar-refractivity contribution in [2.24, 2.45) is 0 Å². The van der Waals surface area contributed by atoms with E-state index >= 15 is 0 Å². The van der Waals surface area contributed by atoms with E-state index in [9.17, 15) is 9.18 Å². The van der Waals surface area contributed by atoms with Crippen LogP contribution in [0, 0.1) is 17.1 Å². The molecule has 1 aliphatic rings. The Morgan fingerprint density at radius 1 is 1.25 bits per heavy atom. The normalized spacial score (nSPS) is 12.8. The van der Waals surface area contributed by atoms with E-state index in [0.717, 1.165) is 17.0 Å². The first-order valence-corrected chi connectivity index (χ1v) is 7.65. The largest absolute Gasteiger partial charge is 0.492 e. The monoisotopic (exact) mass is 325 g/mol. The van der Waals surface area contributed by atoms with Crippen molar-refractivity contribution in [1.82, 2.24) is 0 Å². The molecule has 0 aliphatic carbocycles. The summed E-state index contributed by atoms with van der Waals surface area (Å²) >= 11 is 0. The lowest BCUT2D eigenvalue weighted by Crippen LogP contribution is -2.19. The lowest BCUT2D eigenvalue weighted by Gasteiger charge is -2.18. The maximum absolute atomic E-state index is 13.1. The van der Waals surface area contributed by atoms with Crippen LogP contribution in [0.5, 0.6) is 5.75 Å². The predicted molar refractivity (Wildman–Crippen MR) is 88.5 cm³/mol. The zero-order chi connectivity index (χ0) is 16.9. The molecule has 0 saturated heterocycles. The van der Waals surface area contributed by atoms with Gasteiger partial charge < -0.3 is 15.4 Å². The molecule has 1 aliphatic heterocycles. The molecule has 1 heterocycles. The Morgan fingerprint density at radius 2 is 2.12 bits per heavy atom. The second kappa shape index (κ2) is 7.01. The summed E-state index contributed by atoms with van der Waals surface area (Å²) in [5.41, 5.74) is 2.74. The van der Waals surface area contributed by atoms with Crippen molar-refractivity contribution in [2.45, 2.75) is 12.8 Å². The summed E-state index contributed by atoms with van der Waals surface area (Å²) < 4.78 is 18.8. The molecule has 2 N–H and O–H groups in total. The van der Waals surface area contributed by atoms with Crippen LogP contribution in [0.4, 0.5) is 15.8 Å². The van der Waals surface area contributed by atoms with Gasteiger partial charge in [0, 0.05) is 18.7 Å². The van der Waals surface area contributed by atoms with E-state index in [1.54, 1.807) is 0 Å². The number of hydrogen-bond donors (Lipinski definition) is 2. The summed E-state index contributed by atoms with van der Waals surface area (Å²) in [5.74, 6) is 0.328. The number of anilines is 2. The van der Waals surface area contributed by atoms with E-state index in [2.05, 4.69) is 10.6 Å². The number of aryl methyl sites for hydroxylation is 1. The number of ether oxygens (including phenoxy) is 1. The maximum Gasteiger partial charge on any atom is 0.224 e. The average molecular weight is 325 g/mol. The molecule has 122 valence electrons. The van der Waals surface area contributed by atoms with E-state index in [-0.39, 0.29) is 11.5 Å². The van der Waals surface area contributed by atoms with Crippen molar-refractivity contribution < 1.29 is 13.9 Å². The van der Waals surface area contributed by atoms with Crippen molar-refractivity contribution in [3.8, 4) is 11.8 Å². The number of nitrogens with zero attached hydrogens (tertiary/aromatic N) is 1. The summed E-state index contributed by atoms with van der Waals surface area (Å²) in [6, 6.07) is 11.6. The number of fused-ring (bicyclic) bond motifs is 1. The Kier molecular flexibility index (Phi) is 4.62. The summed E-state index contributed by atoms with van der Waals surface area (Å²) in [4.78, 5) is 11.3. The first kappa shape index (κ1) is 15.8. The number of rotatable bonds is 5. The SMILES string of the molecule is N#Cc1cc(F)ccc1NCCOc1ccc2c(c1)CCC(=O)N2. The van der Waals surface area contributed by atoms with Gasteiger partial charge in [0.05, 0.1) is 11.3 Å². The Hall–Kier alpha value is -3.07. The molecule has 24 heavy (non-hydrogen) atoms. The highest BCUT2D eigenvalue weighted by Crippen LogP contribution is 2.26. The van der Waals surface area contributed by atoms with Gasteiger partial charge in [-0.15, -0.1) is 0 Å². The van der Waals surface area contributed by atoms with Gasteiger partial charge in [-0.05, 0) is 48.4 Å². The summed E-state index contributed by atoms with van der Waals surface area (Å²) in [6.07, 6.45) is 1.19. The molecule has 0 fully saturated rings. The molecule has 0 aromatic heterocycles. The molecule has 1 amide bonds. The molecule has 0 atom stereocenters. The number of hydrogen-bond acceptors (Lipinski definition) is 4. The van der Waals surface area contributed by atoms with Crippen LogP contribution >= 0.6 is 0 Å². The summed E-state index contributed by atoms with van der Waals surface area (Å²) in [7, 11) is 0. The van der Waals surface area contributed by atoms with Gasteiger partial charge in [0.25, 0.3) is 0 Å². The fraction of sp³-hybridized carbons (Fsp3) is 0.222. The van der Waals surface area contributed by atoms with Crippen LogP contribution in [-0.4, -0.2) is 19.1 Å². The standard InChI is InChI=1S/C18H16FN3O2/c19-14-2-4-16(13(9-14)11-20)21-7-8-24-15-3-5-17-12(10-15)1-6-18(23)22-17/h2-5,9-10,21H,1,6-8H2,(H,22,23). The van der Waals surface area contributed by atoms with E-state index < -0.39 is 5.82 Å². The quantitative estimate of drug-likeness (QED) is 0.829. The fourth-order valence-electron chi connectivity index (χ4n) is 2.57. The first-order chi connectivity index (χ1) is 11.7. The second-order valence-corrected chi connectivity index (χ2v) is 5.44. The molecule has 6 heteroatoms. The molecule has 0 unspecified atom stereocenters. The lowest BCUT2D eigenvalue weighted by atomic mass is 10.0. The average Bonchev–Trinajstić information content (AvgIpc) is 2.59. The van der Waals surface area contributed by atoms with Crippen LogP contribution in [-0.2, 0) is 11.2 Å². The van der Waals surface area contributed by atoms with Crippen molar-refractivity contribution in [2.75, 3.05) is 23.8 Å². The fourth-order valence-corrected chi connectivity index (χ4v) is 2.57. The Labute approximate surface area is 139 Å². The van der Waals surface area contributed by atoms with Gasteiger partial charge in [0.2, 0.25) is 5.91 Å². The predicted octanol–water partition coefficient (Wildman–Crippen LogP) is 3.07. The second-order valence-electron chi connectivity index (χ2n) is 5.44. The van der Waals surface area contributed by atoms with Gasteiger partial charge in [-0.3, -0.25) is 4.79 Å². The zero-order valence-electron chi connectivity index (χ0n) is 12.9. The minimum atomic E-state index is -0.436. The summed E-state index contributed by atoms with van der Waals surface area (Å²) in [5, 5.41) is 14.9. The Bertz CT molecular complexity index is 814. The molecule has 0 radical (unpaired) electrons. The molecule has 0 bridgehead atoms. The molecular formula is C18H16FN3O2. The number of carbonyl (C=O) groups is 1. The van der Waals surface area contributed by atoms with Crippen LogP contribution < -0.4 is 15.4 Å². The topological polar surface area (TPSA) is 74.1 Å². The van der Waals surface area contributed by atoms with E-state index in [1.165, 1.54) is 18.2 Å². The van der Waals surface area contributed by atoms with Crippen molar-refractivity contribution in [3.05, 3.63) is 53.3 Å². The third-order valence-electron chi connectivity index (χ3n) is 3.76. The van der Waals surface area contributed by atoms with Gasteiger partial charge in [0.1, 0.15) is 24.2 Å². The van der Waals surface area contributed by atoms with Crippen LogP contribution in [0.3, 0.4) is 0 Å². The highest BCUT2D eigenvalue weighted by molar-refractivity contribution is 5.93. The Morgan fingerprint density at radius 3 is 2.96 bits per heavy atom. The lowest BCUT2D eigenvalue weighted by molar-refractivity contribution is -0.116. The Balaban J connectivity index is 1.54. The van der Waals surface area contributed by atoms with E-state index in [4.69, 9.17) is 10.00 Å². The third-order valence-corrected chi connectivity index (χ3v) is 3.76. The minimum absolute atomic E-state index is 0.0352. The van der Waals surface area contributed by atoms with Gasteiger partial charge >= 0.3 is 0 Å². The van der Waals surface area contributed by atoms with Crippen LogP contribution in [0.15, 0.2) is 36.4 Å². The number of nitriles is 1. The molecule has 3 rings (SSSR count). The van der Waals surface area contributed by atoms with Gasteiger partial charge in [-0.1, -0.05) is 0 Å². The molecule has 2 aromatic carbocycles. The van der Waals surface area contributed by atoms with Crippen LogP contribution in [0.2, 0.25) is 0 Å². The molecule has 0 saturated carbocycles. The van der Waals surface area contributed by atoms with Gasteiger partial charge in [-0.2, -0.15) is 5.26 Å². The number of benzene rings is 2. The molecule has 5 nitrogen and oxygen atoms in total. The number of halogens is 1. The van der Waals surface area contributed by atoms with Crippen molar-refractivity contribution in [3.63, 3.8) is 0 Å². The summed E-state index contributed by atoms with van der Waals surface area (Å²) in [6.45, 7) is 0.877. The molecular weight excluding hydrogens is 309 g/mol. The number of carbonyl (C=O) groups excluding carboxylic acids is 1. The highest BCUT2D eigenvalue weighted by Gasteiger charge is 2.14. The number of amides is 1. The van der Waals surface area contributed by atoms with Gasteiger partial charge in [0.15, 0.2) is 0 Å². The minimum Gasteiger partial charge on any atom is -0.492 e. The number of nitrogens with one attached hydrogen (secondary N) is 2. The van der Waals surface area contributed by atoms with Crippen molar-refractivity contribution >= 4 is 17.3 Å².